The van der Waals surface area contributed by atoms with Crippen molar-refractivity contribution in [1.29, 1.82) is 0 Å². The number of nitrogens with zero attached hydrogens (tertiary/aromatic N) is 7. The maximum absolute atomic E-state index is 5.03. The minimum Gasteiger partial charge on any atom is -0.337 e. The van der Waals surface area contributed by atoms with Gasteiger partial charge in [-0.15, -0.1) is 0 Å². The summed E-state index contributed by atoms with van der Waals surface area (Å²) in [5.74, 6) is 1.13. The maximum Gasteiger partial charge on any atom is 0.180 e. The molecule has 2 N–H and O–H groups in total. The van der Waals surface area contributed by atoms with Crippen molar-refractivity contribution in [2.45, 2.75) is 18.8 Å². The Bertz CT molecular complexity index is 1370. The SMILES string of the molecule is Cn1cc(-c2cnc3c(Nc4ccc(-n5ccnc5)cc4)nc([C@H]4CCCNC4)cn23)cn1. The first-order valence-electron chi connectivity index (χ1n) is 11.2. The molecule has 1 aromatic carbocycles. The third-order valence-corrected chi connectivity index (χ3v) is 6.16. The molecule has 166 valence electrons. The van der Waals surface area contributed by atoms with Gasteiger partial charge in [0.05, 0.1) is 30.1 Å². The monoisotopic (exact) mass is 439 g/mol. The van der Waals surface area contributed by atoms with Gasteiger partial charge in [0.2, 0.25) is 0 Å². The first-order valence-corrected chi connectivity index (χ1v) is 11.2. The van der Waals surface area contributed by atoms with Gasteiger partial charge < -0.3 is 15.2 Å². The second kappa shape index (κ2) is 8.18. The molecule has 9 heteroatoms. The van der Waals surface area contributed by atoms with Gasteiger partial charge in [0, 0.05) is 61.2 Å². The van der Waals surface area contributed by atoms with Crippen molar-refractivity contribution in [3.05, 3.63) is 73.5 Å². The molecular formula is C24H25N9. The molecule has 1 aliphatic heterocycles. The second-order valence-electron chi connectivity index (χ2n) is 8.44. The highest BCUT2D eigenvalue weighted by Crippen LogP contribution is 2.30. The molecule has 1 fully saturated rings. The van der Waals surface area contributed by atoms with Crippen LogP contribution in [0.3, 0.4) is 0 Å². The summed E-state index contributed by atoms with van der Waals surface area (Å²) in [5.41, 5.74) is 5.90. The molecule has 0 saturated carbocycles. The van der Waals surface area contributed by atoms with Gasteiger partial charge in [-0.3, -0.25) is 9.08 Å². The second-order valence-corrected chi connectivity index (χ2v) is 8.44. The number of benzene rings is 1. The van der Waals surface area contributed by atoms with E-state index < -0.39 is 0 Å². The summed E-state index contributed by atoms with van der Waals surface area (Å²) in [6.07, 6.45) is 15.7. The van der Waals surface area contributed by atoms with Gasteiger partial charge in [-0.05, 0) is 43.7 Å². The van der Waals surface area contributed by atoms with Crippen LogP contribution in [0.5, 0.6) is 0 Å². The van der Waals surface area contributed by atoms with Gasteiger partial charge in [-0.2, -0.15) is 5.10 Å². The first kappa shape index (κ1) is 19.7. The van der Waals surface area contributed by atoms with Gasteiger partial charge in [-0.1, -0.05) is 0 Å². The number of imidazole rings is 2. The molecule has 0 radical (unpaired) electrons. The number of hydrogen-bond donors (Lipinski definition) is 2. The topological polar surface area (TPSA) is 89.9 Å². The lowest BCUT2D eigenvalue weighted by molar-refractivity contribution is 0.454. The number of fused-ring (bicyclic) bond motifs is 1. The molecule has 0 spiro atoms. The molecule has 4 aromatic heterocycles. The van der Waals surface area contributed by atoms with Crippen molar-refractivity contribution >= 4 is 17.2 Å². The fraction of sp³-hybridized carbons (Fsp3) is 0.250. The average molecular weight is 440 g/mol. The largest absolute Gasteiger partial charge is 0.337 e. The van der Waals surface area contributed by atoms with Crippen molar-refractivity contribution in [3.63, 3.8) is 0 Å². The van der Waals surface area contributed by atoms with Crippen molar-refractivity contribution in [1.82, 2.24) is 39.0 Å². The lowest BCUT2D eigenvalue weighted by Gasteiger charge is -2.23. The summed E-state index contributed by atoms with van der Waals surface area (Å²) in [7, 11) is 1.92. The van der Waals surface area contributed by atoms with Gasteiger partial charge >= 0.3 is 0 Å². The zero-order valence-electron chi connectivity index (χ0n) is 18.4. The van der Waals surface area contributed by atoms with Crippen LogP contribution in [-0.2, 0) is 7.05 Å². The third kappa shape index (κ3) is 3.76. The molecular weight excluding hydrogens is 414 g/mol. The summed E-state index contributed by atoms with van der Waals surface area (Å²) in [6.45, 7) is 2.01. The summed E-state index contributed by atoms with van der Waals surface area (Å²) in [5, 5.41) is 11.4. The van der Waals surface area contributed by atoms with Crippen molar-refractivity contribution in [3.8, 4) is 16.9 Å². The van der Waals surface area contributed by atoms with E-state index >= 15 is 0 Å². The molecule has 9 nitrogen and oxygen atoms in total. The lowest BCUT2D eigenvalue weighted by atomic mass is 9.96. The Hall–Kier alpha value is -3.98. The fourth-order valence-electron chi connectivity index (χ4n) is 4.42. The molecule has 0 amide bonds. The molecule has 6 rings (SSSR count). The zero-order valence-corrected chi connectivity index (χ0v) is 18.4. The van der Waals surface area contributed by atoms with E-state index in [2.05, 4.69) is 43.4 Å². The summed E-state index contributed by atoms with van der Waals surface area (Å²) < 4.78 is 5.92. The van der Waals surface area contributed by atoms with E-state index in [9.17, 15) is 0 Å². The molecule has 1 atom stereocenters. The normalized spacial score (nSPS) is 16.3. The number of aromatic nitrogens is 7. The van der Waals surface area contributed by atoms with Crippen LogP contribution in [0.1, 0.15) is 24.5 Å². The number of anilines is 2. The number of rotatable bonds is 5. The van der Waals surface area contributed by atoms with Gasteiger partial charge in [0.25, 0.3) is 0 Å². The van der Waals surface area contributed by atoms with Crippen LogP contribution in [0.25, 0.3) is 22.6 Å². The summed E-state index contributed by atoms with van der Waals surface area (Å²) in [4.78, 5) is 13.9. The number of nitrogens with one attached hydrogen (secondary N) is 2. The van der Waals surface area contributed by atoms with E-state index in [1.54, 1.807) is 12.5 Å². The van der Waals surface area contributed by atoms with Crippen molar-refractivity contribution in [2.24, 2.45) is 7.05 Å². The van der Waals surface area contributed by atoms with Crippen LogP contribution in [0, 0.1) is 0 Å². The number of piperidine rings is 1. The van der Waals surface area contributed by atoms with Crippen LogP contribution < -0.4 is 10.6 Å². The van der Waals surface area contributed by atoms with Crippen molar-refractivity contribution in [2.75, 3.05) is 18.4 Å². The Morgan fingerprint density at radius 1 is 1.12 bits per heavy atom. The predicted octanol–water partition coefficient (Wildman–Crippen LogP) is 3.53. The molecule has 0 bridgehead atoms. The van der Waals surface area contributed by atoms with Gasteiger partial charge in [0.15, 0.2) is 11.5 Å². The maximum atomic E-state index is 5.03. The van der Waals surface area contributed by atoms with E-state index in [1.165, 1.54) is 0 Å². The number of hydrogen-bond acceptors (Lipinski definition) is 6. The highest BCUT2D eigenvalue weighted by molar-refractivity contribution is 5.74. The van der Waals surface area contributed by atoms with Crippen molar-refractivity contribution < 1.29 is 0 Å². The van der Waals surface area contributed by atoms with Crippen LogP contribution in [0.15, 0.2) is 67.8 Å². The Balaban J connectivity index is 1.41. The van der Waals surface area contributed by atoms with E-state index in [0.29, 0.717) is 5.92 Å². The molecule has 33 heavy (non-hydrogen) atoms. The Labute approximate surface area is 191 Å². The van der Waals surface area contributed by atoms with Crippen LogP contribution >= 0.6 is 0 Å². The third-order valence-electron chi connectivity index (χ3n) is 6.16. The highest BCUT2D eigenvalue weighted by Gasteiger charge is 2.21. The van der Waals surface area contributed by atoms with E-state index in [4.69, 9.17) is 9.97 Å². The van der Waals surface area contributed by atoms with E-state index in [1.807, 2.05) is 53.2 Å². The minimum absolute atomic E-state index is 0.372. The summed E-state index contributed by atoms with van der Waals surface area (Å²) >= 11 is 0. The highest BCUT2D eigenvalue weighted by atomic mass is 15.2. The van der Waals surface area contributed by atoms with Crippen LogP contribution in [0.4, 0.5) is 11.5 Å². The van der Waals surface area contributed by atoms with E-state index in [0.717, 1.165) is 65.7 Å². The predicted molar refractivity (Wildman–Crippen MR) is 127 cm³/mol. The quantitative estimate of drug-likeness (QED) is 0.436. The fourth-order valence-corrected chi connectivity index (χ4v) is 4.42. The van der Waals surface area contributed by atoms with Gasteiger partial charge in [0.1, 0.15) is 0 Å². The molecule has 1 saturated heterocycles. The minimum atomic E-state index is 0.372. The molecule has 1 aliphatic rings. The van der Waals surface area contributed by atoms with Crippen LogP contribution in [-0.4, -0.2) is 46.8 Å². The smallest absolute Gasteiger partial charge is 0.180 e. The molecule has 0 aliphatic carbocycles. The molecule has 5 aromatic rings. The summed E-state index contributed by atoms with van der Waals surface area (Å²) in [6, 6.07) is 8.21. The lowest BCUT2D eigenvalue weighted by Crippen LogP contribution is -2.29. The average Bonchev–Trinajstić information content (AvgIpc) is 3.61. The Morgan fingerprint density at radius 3 is 2.76 bits per heavy atom. The zero-order chi connectivity index (χ0) is 22.2. The Morgan fingerprint density at radius 2 is 2.03 bits per heavy atom. The van der Waals surface area contributed by atoms with Gasteiger partial charge in [-0.25, -0.2) is 15.0 Å². The Kier molecular flexibility index (Phi) is 4.88. The standard InChI is InChI=1S/C24H25N9/c1-31-14-18(12-28-31)22-13-27-24-23(30-21(15-33(22)24)17-3-2-8-25-11-17)29-19-4-6-20(7-5-19)32-10-9-26-16-32/h4-7,9-10,12-17,25H,2-3,8,11H2,1H3,(H,29,30)/t17-/m0/s1. The van der Waals surface area contributed by atoms with Crippen LogP contribution in [0.2, 0.25) is 0 Å². The number of aryl methyl sites for hydroxylation is 1. The molecule has 5 heterocycles. The first-order chi connectivity index (χ1) is 16.2. The molecule has 0 unspecified atom stereocenters. The van der Waals surface area contributed by atoms with E-state index in [-0.39, 0.29) is 0 Å².